The van der Waals surface area contributed by atoms with Crippen molar-refractivity contribution in [3.63, 3.8) is 0 Å². The van der Waals surface area contributed by atoms with Gasteiger partial charge in [0.25, 0.3) is 5.91 Å². The molecule has 12 nitrogen and oxygen atoms in total. The standard InChI is InChI=1S/C26H33N11O/c1-16-22(10-18(11-28-16)25(38)27-8-9-37-14-17-4-6-20(37)7-5-17)32-23-21-13-29-26(33-24(21)36(3)34-23)31-19-12-30-35(2)15-19/h10-13,15,17,20H,4-9,14H2,1-3H3,(H,27,38)(H,32,34)(H,29,31,33). The molecule has 12 heteroatoms. The van der Waals surface area contributed by atoms with E-state index in [1.807, 2.05) is 33.3 Å². The van der Waals surface area contributed by atoms with E-state index in [1.165, 1.54) is 32.2 Å². The Balaban J connectivity index is 1.13. The van der Waals surface area contributed by atoms with Gasteiger partial charge >= 0.3 is 0 Å². The van der Waals surface area contributed by atoms with E-state index >= 15 is 0 Å². The largest absolute Gasteiger partial charge is 0.351 e. The minimum Gasteiger partial charge on any atom is -0.351 e. The van der Waals surface area contributed by atoms with Crippen molar-refractivity contribution in [2.75, 3.05) is 30.3 Å². The first-order valence-electron chi connectivity index (χ1n) is 13.1. The van der Waals surface area contributed by atoms with Crippen molar-refractivity contribution in [2.24, 2.45) is 20.0 Å². The third kappa shape index (κ3) is 4.91. The van der Waals surface area contributed by atoms with Gasteiger partial charge in [0, 0.05) is 58.4 Å². The molecule has 198 valence electrons. The van der Waals surface area contributed by atoms with Gasteiger partial charge in [-0.05, 0) is 44.6 Å². The molecule has 1 aliphatic carbocycles. The second-order valence-corrected chi connectivity index (χ2v) is 10.3. The number of nitrogens with one attached hydrogen (secondary N) is 3. The molecule has 4 aromatic rings. The summed E-state index contributed by atoms with van der Waals surface area (Å²) < 4.78 is 3.40. The van der Waals surface area contributed by atoms with Crippen molar-refractivity contribution in [3.05, 3.63) is 42.1 Å². The number of hydrogen-bond acceptors (Lipinski definition) is 9. The zero-order valence-corrected chi connectivity index (χ0v) is 22.0. The Hall–Kier alpha value is -4.06. The third-order valence-corrected chi connectivity index (χ3v) is 7.65. The van der Waals surface area contributed by atoms with Crippen LogP contribution in [-0.4, -0.2) is 71.0 Å². The van der Waals surface area contributed by atoms with Crippen LogP contribution in [0.2, 0.25) is 0 Å². The summed E-state index contributed by atoms with van der Waals surface area (Å²) in [5, 5.41) is 19.1. The lowest BCUT2D eigenvalue weighted by atomic mass is 9.80. The summed E-state index contributed by atoms with van der Waals surface area (Å²) in [6.07, 6.45) is 12.2. The first kappa shape index (κ1) is 24.3. The van der Waals surface area contributed by atoms with Gasteiger partial charge in [0.1, 0.15) is 0 Å². The Labute approximate surface area is 220 Å². The highest BCUT2D eigenvalue weighted by molar-refractivity contribution is 5.96. The molecule has 2 bridgehead atoms. The van der Waals surface area contributed by atoms with Crippen LogP contribution in [0.25, 0.3) is 11.0 Å². The van der Waals surface area contributed by atoms with Crippen LogP contribution in [-0.2, 0) is 14.1 Å². The molecular weight excluding hydrogens is 482 g/mol. The minimum atomic E-state index is -0.122. The molecule has 0 radical (unpaired) electrons. The topological polar surface area (TPSA) is 131 Å². The molecule has 3 fully saturated rings. The zero-order valence-electron chi connectivity index (χ0n) is 22.0. The predicted molar refractivity (Wildman–Crippen MR) is 145 cm³/mol. The number of aryl methyl sites for hydroxylation is 3. The molecule has 3 aliphatic rings. The molecule has 2 saturated heterocycles. The maximum absolute atomic E-state index is 12.9. The molecule has 1 amide bonds. The average Bonchev–Trinajstić information content (AvgIpc) is 3.47. The number of anilines is 4. The van der Waals surface area contributed by atoms with Gasteiger partial charge in [-0.2, -0.15) is 15.2 Å². The molecule has 0 spiro atoms. The predicted octanol–water partition coefficient (Wildman–Crippen LogP) is 2.89. The number of aromatic nitrogens is 7. The number of pyridine rings is 1. The fourth-order valence-electron chi connectivity index (χ4n) is 5.58. The fraction of sp³-hybridized carbons (Fsp3) is 0.462. The Morgan fingerprint density at radius 3 is 2.66 bits per heavy atom. The Morgan fingerprint density at radius 2 is 1.92 bits per heavy atom. The highest BCUT2D eigenvalue weighted by Crippen LogP contribution is 2.34. The van der Waals surface area contributed by atoms with Crippen LogP contribution in [0.3, 0.4) is 0 Å². The molecule has 0 aromatic carbocycles. The van der Waals surface area contributed by atoms with Gasteiger partial charge in [0.15, 0.2) is 11.5 Å². The van der Waals surface area contributed by atoms with Crippen LogP contribution < -0.4 is 16.0 Å². The summed E-state index contributed by atoms with van der Waals surface area (Å²) in [5.41, 5.74) is 3.45. The number of rotatable bonds is 8. The number of carbonyl (C=O) groups is 1. The first-order valence-corrected chi connectivity index (χ1v) is 13.1. The van der Waals surface area contributed by atoms with Crippen LogP contribution in [0.4, 0.5) is 23.1 Å². The highest BCUT2D eigenvalue weighted by Gasteiger charge is 2.33. The van der Waals surface area contributed by atoms with E-state index in [-0.39, 0.29) is 5.91 Å². The molecule has 1 saturated carbocycles. The normalized spacial score (nSPS) is 19.1. The lowest BCUT2D eigenvalue weighted by molar-refractivity contribution is 0.0494. The quantitative estimate of drug-likeness (QED) is 0.324. The summed E-state index contributed by atoms with van der Waals surface area (Å²) in [7, 11) is 3.68. The molecule has 7 rings (SSSR count). The van der Waals surface area contributed by atoms with Gasteiger partial charge in [-0.25, -0.2) is 9.67 Å². The van der Waals surface area contributed by atoms with Gasteiger partial charge < -0.3 is 16.0 Å². The second-order valence-electron chi connectivity index (χ2n) is 10.3. The molecule has 2 aliphatic heterocycles. The van der Waals surface area contributed by atoms with Gasteiger partial charge in [-0.3, -0.25) is 19.4 Å². The molecule has 6 heterocycles. The van der Waals surface area contributed by atoms with Crippen LogP contribution in [0, 0.1) is 12.8 Å². The van der Waals surface area contributed by atoms with Crippen LogP contribution in [0.5, 0.6) is 0 Å². The van der Waals surface area contributed by atoms with Gasteiger partial charge in [0.2, 0.25) is 5.95 Å². The minimum absolute atomic E-state index is 0.122. The number of fused-ring (bicyclic) bond motifs is 4. The Bertz CT molecular complexity index is 1470. The first-order chi connectivity index (χ1) is 18.4. The van der Waals surface area contributed by atoms with Crippen molar-refractivity contribution < 1.29 is 4.79 Å². The average molecular weight is 516 g/mol. The highest BCUT2D eigenvalue weighted by atomic mass is 16.1. The van der Waals surface area contributed by atoms with Crippen LogP contribution >= 0.6 is 0 Å². The summed E-state index contributed by atoms with van der Waals surface area (Å²) >= 11 is 0. The van der Waals surface area contributed by atoms with E-state index in [9.17, 15) is 4.79 Å². The van der Waals surface area contributed by atoms with E-state index in [4.69, 9.17) is 0 Å². The SMILES string of the molecule is Cc1ncc(C(=O)NCCN2CC3CCC2CC3)cc1Nc1nn(C)c2nc(Nc3cnn(C)c3)ncc12. The molecule has 0 unspecified atom stereocenters. The number of carbonyl (C=O) groups excluding carboxylic acids is 1. The molecule has 38 heavy (non-hydrogen) atoms. The van der Waals surface area contributed by atoms with E-state index in [0.717, 1.165) is 29.2 Å². The van der Waals surface area contributed by atoms with Crippen LogP contribution in [0.15, 0.2) is 30.9 Å². The van der Waals surface area contributed by atoms with Gasteiger partial charge in [-0.1, -0.05) is 0 Å². The zero-order chi connectivity index (χ0) is 26.2. The maximum Gasteiger partial charge on any atom is 0.252 e. The summed E-state index contributed by atoms with van der Waals surface area (Å²) in [6, 6.07) is 2.51. The number of hydrogen-bond donors (Lipinski definition) is 3. The van der Waals surface area contributed by atoms with E-state index in [2.05, 4.69) is 46.0 Å². The van der Waals surface area contributed by atoms with Crippen molar-refractivity contribution in [1.82, 2.24) is 44.7 Å². The van der Waals surface area contributed by atoms with E-state index in [1.54, 1.807) is 28.0 Å². The Morgan fingerprint density at radius 1 is 1.08 bits per heavy atom. The van der Waals surface area contributed by atoms with Crippen molar-refractivity contribution in [3.8, 4) is 0 Å². The maximum atomic E-state index is 12.9. The van der Waals surface area contributed by atoms with Gasteiger partial charge in [0.05, 0.1) is 34.2 Å². The molecule has 3 N–H and O–H groups in total. The summed E-state index contributed by atoms with van der Waals surface area (Å²) in [6.45, 7) is 4.60. The second kappa shape index (κ2) is 10.0. The van der Waals surface area contributed by atoms with Crippen molar-refractivity contribution in [2.45, 2.75) is 38.6 Å². The van der Waals surface area contributed by atoms with Crippen molar-refractivity contribution in [1.29, 1.82) is 0 Å². The number of amides is 1. The van der Waals surface area contributed by atoms with Crippen molar-refractivity contribution >= 4 is 40.1 Å². The lowest BCUT2D eigenvalue weighted by Crippen LogP contribution is -2.50. The summed E-state index contributed by atoms with van der Waals surface area (Å²) in [4.78, 5) is 29.0. The number of piperidine rings is 2. The van der Waals surface area contributed by atoms with E-state index in [0.29, 0.717) is 41.3 Å². The monoisotopic (exact) mass is 515 g/mol. The molecule has 0 atom stereocenters. The smallest absolute Gasteiger partial charge is 0.252 e. The lowest BCUT2D eigenvalue weighted by Gasteiger charge is -2.45. The van der Waals surface area contributed by atoms with Gasteiger partial charge in [-0.15, -0.1) is 0 Å². The summed E-state index contributed by atoms with van der Waals surface area (Å²) in [5.74, 6) is 1.76. The Kier molecular flexibility index (Phi) is 6.40. The third-order valence-electron chi connectivity index (χ3n) is 7.65. The van der Waals surface area contributed by atoms with E-state index < -0.39 is 0 Å². The van der Waals surface area contributed by atoms with Crippen LogP contribution in [0.1, 0.15) is 41.7 Å². The molecule has 4 aromatic heterocycles. The molecular formula is C26H33N11O. The number of nitrogens with zero attached hydrogens (tertiary/aromatic N) is 8. The fourth-order valence-corrected chi connectivity index (χ4v) is 5.58.